The number of halogens is 1. The van der Waals surface area contributed by atoms with Gasteiger partial charge >= 0.3 is 0 Å². The van der Waals surface area contributed by atoms with Gasteiger partial charge in [0.25, 0.3) is 0 Å². The van der Waals surface area contributed by atoms with Gasteiger partial charge in [-0.1, -0.05) is 17.7 Å². The molecule has 3 rings (SSSR count). The fourth-order valence-corrected chi connectivity index (χ4v) is 4.71. The van der Waals surface area contributed by atoms with E-state index >= 15 is 0 Å². The normalized spacial score (nSPS) is 16.3. The standard InChI is InChI=1S/C19H23ClN2O2S2/c20-15-3-5-16(6-4-15)25-13-7-19(23)21-14-17(18-2-1-12-26-18)22-8-10-24-11-9-22/h1-6,12,17H,7-11,13-14H2,(H,21,23)/t17-/m0/s1. The van der Waals surface area contributed by atoms with Gasteiger partial charge in [-0.2, -0.15) is 0 Å². The number of morpholine rings is 1. The number of amides is 1. The van der Waals surface area contributed by atoms with Crippen molar-refractivity contribution >= 4 is 40.6 Å². The highest BCUT2D eigenvalue weighted by molar-refractivity contribution is 7.99. The number of hydrogen-bond donors (Lipinski definition) is 1. The zero-order chi connectivity index (χ0) is 18.2. The van der Waals surface area contributed by atoms with Gasteiger partial charge in [-0.05, 0) is 35.7 Å². The number of carbonyl (C=O) groups is 1. The predicted octanol–water partition coefficient (Wildman–Crippen LogP) is 4.07. The Morgan fingerprint density at radius 1 is 1.27 bits per heavy atom. The Kier molecular flexibility index (Phi) is 7.83. The summed E-state index contributed by atoms with van der Waals surface area (Å²) >= 11 is 9.31. The van der Waals surface area contributed by atoms with Crippen molar-refractivity contribution in [3.8, 4) is 0 Å². The number of thiophene rings is 1. The first-order valence-electron chi connectivity index (χ1n) is 8.72. The molecule has 1 atom stereocenters. The van der Waals surface area contributed by atoms with Crippen molar-refractivity contribution in [1.82, 2.24) is 10.2 Å². The average molecular weight is 411 g/mol. The summed E-state index contributed by atoms with van der Waals surface area (Å²) in [4.78, 5) is 17.1. The Labute approximate surface area is 167 Å². The number of nitrogens with one attached hydrogen (secondary N) is 1. The van der Waals surface area contributed by atoms with Crippen LogP contribution in [0.25, 0.3) is 0 Å². The molecule has 26 heavy (non-hydrogen) atoms. The third-order valence-electron chi connectivity index (χ3n) is 4.26. The molecule has 0 unspecified atom stereocenters. The van der Waals surface area contributed by atoms with Crippen LogP contribution in [0.1, 0.15) is 17.3 Å². The quantitative estimate of drug-likeness (QED) is 0.666. The third-order valence-corrected chi connectivity index (χ3v) is 6.50. The van der Waals surface area contributed by atoms with E-state index in [4.69, 9.17) is 16.3 Å². The van der Waals surface area contributed by atoms with Crippen LogP contribution in [0.4, 0.5) is 0 Å². The number of benzene rings is 1. The van der Waals surface area contributed by atoms with Gasteiger partial charge in [-0.3, -0.25) is 9.69 Å². The molecule has 0 radical (unpaired) electrons. The molecule has 0 aliphatic carbocycles. The molecular formula is C19H23ClN2O2S2. The van der Waals surface area contributed by atoms with E-state index in [-0.39, 0.29) is 11.9 Å². The van der Waals surface area contributed by atoms with Gasteiger partial charge in [-0.25, -0.2) is 0 Å². The molecule has 1 aromatic carbocycles. The van der Waals surface area contributed by atoms with Crippen LogP contribution in [0.3, 0.4) is 0 Å². The van der Waals surface area contributed by atoms with E-state index in [0.717, 1.165) is 42.0 Å². The molecule has 1 aliphatic heterocycles. The maximum absolute atomic E-state index is 12.3. The lowest BCUT2D eigenvalue weighted by Crippen LogP contribution is -2.43. The van der Waals surface area contributed by atoms with Gasteiger partial charge in [0.2, 0.25) is 5.91 Å². The number of rotatable bonds is 8. The minimum atomic E-state index is 0.0984. The van der Waals surface area contributed by atoms with E-state index in [9.17, 15) is 4.79 Å². The first-order chi connectivity index (χ1) is 12.7. The van der Waals surface area contributed by atoms with Crippen molar-refractivity contribution in [1.29, 1.82) is 0 Å². The smallest absolute Gasteiger partial charge is 0.220 e. The van der Waals surface area contributed by atoms with Crippen molar-refractivity contribution in [2.75, 3.05) is 38.6 Å². The molecule has 2 aromatic rings. The first kappa shape index (κ1) is 19.7. The minimum Gasteiger partial charge on any atom is -0.379 e. The molecule has 1 N–H and O–H groups in total. The SMILES string of the molecule is O=C(CCSc1ccc(Cl)cc1)NC[C@@H](c1cccs1)N1CCOCC1. The third kappa shape index (κ3) is 5.99. The van der Waals surface area contributed by atoms with Gasteiger partial charge in [0.1, 0.15) is 0 Å². The molecule has 1 fully saturated rings. The van der Waals surface area contributed by atoms with Crippen molar-refractivity contribution in [3.63, 3.8) is 0 Å². The average Bonchev–Trinajstić information content (AvgIpc) is 3.19. The Morgan fingerprint density at radius 3 is 2.73 bits per heavy atom. The van der Waals surface area contributed by atoms with Crippen molar-refractivity contribution in [2.24, 2.45) is 0 Å². The number of thioether (sulfide) groups is 1. The number of carbonyl (C=O) groups excluding carboxylic acids is 1. The van der Waals surface area contributed by atoms with Crippen LogP contribution >= 0.6 is 34.7 Å². The van der Waals surface area contributed by atoms with Gasteiger partial charge < -0.3 is 10.1 Å². The number of nitrogens with zero attached hydrogens (tertiary/aromatic N) is 1. The zero-order valence-corrected chi connectivity index (χ0v) is 16.9. The molecular weight excluding hydrogens is 388 g/mol. The van der Waals surface area contributed by atoms with Crippen molar-refractivity contribution < 1.29 is 9.53 Å². The fourth-order valence-electron chi connectivity index (χ4n) is 2.87. The van der Waals surface area contributed by atoms with Crippen LogP contribution < -0.4 is 5.32 Å². The Bertz CT molecular complexity index is 673. The van der Waals surface area contributed by atoms with E-state index in [1.807, 2.05) is 24.3 Å². The largest absolute Gasteiger partial charge is 0.379 e. The highest BCUT2D eigenvalue weighted by atomic mass is 35.5. The molecule has 1 amide bonds. The summed E-state index contributed by atoms with van der Waals surface area (Å²) in [6.07, 6.45) is 0.508. The van der Waals surface area contributed by atoms with Crippen molar-refractivity contribution in [2.45, 2.75) is 17.4 Å². The Morgan fingerprint density at radius 2 is 2.04 bits per heavy atom. The van der Waals surface area contributed by atoms with E-state index < -0.39 is 0 Å². The lowest BCUT2D eigenvalue weighted by Gasteiger charge is -2.34. The summed E-state index contributed by atoms with van der Waals surface area (Å²) in [6.45, 7) is 3.97. The monoisotopic (exact) mass is 410 g/mol. The molecule has 0 spiro atoms. The van der Waals surface area contributed by atoms with Crippen molar-refractivity contribution in [3.05, 3.63) is 51.7 Å². The number of hydrogen-bond acceptors (Lipinski definition) is 5. The summed E-state index contributed by atoms with van der Waals surface area (Å²) < 4.78 is 5.46. The van der Waals surface area contributed by atoms with Gasteiger partial charge in [0, 0.05) is 46.6 Å². The lowest BCUT2D eigenvalue weighted by molar-refractivity contribution is -0.121. The second kappa shape index (κ2) is 10.3. The van der Waals surface area contributed by atoms with Gasteiger partial charge in [-0.15, -0.1) is 23.1 Å². The topological polar surface area (TPSA) is 41.6 Å². The summed E-state index contributed by atoms with van der Waals surface area (Å²) in [5.41, 5.74) is 0. The molecule has 2 heterocycles. The Hall–Kier alpha value is -1.05. The molecule has 7 heteroatoms. The van der Waals surface area contributed by atoms with Crippen LogP contribution in [-0.4, -0.2) is 49.4 Å². The van der Waals surface area contributed by atoms with E-state index in [1.54, 1.807) is 23.1 Å². The van der Waals surface area contributed by atoms with Gasteiger partial charge in [0.15, 0.2) is 0 Å². The van der Waals surface area contributed by atoms with Crippen LogP contribution in [0.5, 0.6) is 0 Å². The predicted molar refractivity (Wildman–Crippen MR) is 109 cm³/mol. The van der Waals surface area contributed by atoms with Crippen LogP contribution in [0, 0.1) is 0 Å². The van der Waals surface area contributed by atoms with Crippen LogP contribution in [0.15, 0.2) is 46.7 Å². The second-order valence-electron chi connectivity index (χ2n) is 6.04. The maximum Gasteiger partial charge on any atom is 0.220 e. The van der Waals surface area contributed by atoms with Gasteiger partial charge in [0.05, 0.1) is 19.3 Å². The molecule has 4 nitrogen and oxygen atoms in total. The van der Waals surface area contributed by atoms with E-state index in [2.05, 4.69) is 27.7 Å². The maximum atomic E-state index is 12.3. The van der Waals surface area contributed by atoms with E-state index in [0.29, 0.717) is 13.0 Å². The molecule has 140 valence electrons. The summed E-state index contributed by atoms with van der Waals surface area (Å²) in [6, 6.07) is 12.2. The fraction of sp³-hybridized carbons (Fsp3) is 0.421. The molecule has 1 aliphatic rings. The minimum absolute atomic E-state index is 0.0984. The summed E-state index contributed by atoms with van der Waals surface area (Å²) in [7, 11) is 0. The second-order valence-corrected chi connectivity index (χ2v) is 8.62. The lowest BCUT2D eigenvalue weighted by atomic mass is 10.2. The zero-order valence-electron chi connectivity index (χ0n) is 14.5. The summed E-state index contributed by atoms with van der Waals surface area (Å²) in [5, 5.41) is 5.94. The van der Waals surface area contributed by atoms with E-state index in [1.165, 1.54) is 4.88 Å². The molecule has 1 saturated heterocycles. The highest BCUT2D eigenvalue weighted by Gasteiger charge is 2.23. The molecule has 0 saturated carbocycles. The number of ether oxygens (including phenoxy) is 1. The highest BCUT2D eigenvalue weighted by Crippen LogP contribution is 2.25. The summed E-state index contributed by atoms with van der Waals surface area (Å²) in [5.74, 6) is 0.857. The molecule has 0 bridgehead atoms. The Balaban J connectivity index is 1.45. The van der Waals surface area contributed by atoms with Crippen LogP contribution in [-0.2, 0) is 9.53 Å². The molecule has 1 aromatic heterocycles. The first-order valence-corrected chi connectivity index (χ1v) is 11.0. The van der Waals surface area contributed by atoms with Crippen LogP contribution in [0.2, 0.25) is 5.02 Å².